The lowest BCUT2D eigenvalue weighted by atomic mass is 9.89. The molecule has 0 unspecified atom stereocenters. The number of anilines is 3. The molecule has 0 amide bonds. The molecule has 0 spiro atoms. The Hall–Kier alpha value is -7.18. The van der Waals surface area contributed by atoms with Gasteiger partial charge in [-0.1, -0.05) is 130 Å². The van der Waals surface area contributed by atoms with Crippen molar-refractivity contribution >= 4 is 38.9 Å². The summed E-state index contributed by atoms with van der Waals surface area (Å²) in [6, 6.07) is 60.0. The van der Waals surface area contributed by atoms with Crippen molar-refractivity contribution in [2.24, 2.45) is 0 Å². The molecule has 282 valence electrons. The first kappa shape index (κ1) is 35.2. The summed E-state index contributed by atoms with van der Waals surface area (Å²) in [4.78, 5) is 14.7. The van der Waals surface area contributed by atoms with Crippen molar-refractivity contribution < 1.29 is 4.74 Å². The highest BCUT2D eigenvalue weighted by Gasteiger charge is 2.28. The third-order valence-corrected chi connectivity index (χ3v) is 11.1. The van der Waals surface area contributed by atoms with Crippen LogP contribution in [0.4, 0.5) is 17.1 Å². The summed E-state index contributed by atoms with van der Waals surface area (Å²) in [5.41, 5.74) is 12.3. The molecule has 58 heavy (non-hydrogen) atoms. The molecule has 0 fully saturated rings. The van der Waals surface area contributed by atoms with Crippen LogP contribution in [0.5, 0.6) is 11.5 Å². The zero-order valence-corrected chi connectivity index (χ0v) is 32.9. The van der Waals surface area contributed by atoms with Crippen LogP contribution in [0.3, 0.4) is 0 Å². The monoisotopic (exact) mass is 753 g/mol. The molecule has 0 N–H and O–H groups in total. The lowest BCUT2D eigenvalue weighted by Gasteiger charge is -2.23. The predicted octanol–water partition coefficient (Wildman–Crippen LogP) is 13.1. The third-order valence-electron chi connectivity index (χ3n) is 11.1. The molecule has 10 rings (SSSR count). The van der Waals surface area contributed by atoms with Crippen LogP contribution in [0.2, 0.25) is 0 Å². The van der Waals surface area contributed by atoms with Gasteiger partial charge in [-0.25, -0.2) is 9.97 Å². The van der Waals surface area contributed by atoms with Gasteiger partial charge < -0.3 is 14.5 Å². The summed E-state index contributed by atoms with van der Waals surface area (Å²) in [5.74, 6) is 2.11. The third kappa shape index (κ3) is 6.62. The summed E-state index contributed by atoms with van der Waals surface area (Å²) in [7, 11) is 0. The normalized spacial score (nSPS) is 12.7. The van der Waals surface area contributed by atoms with Crippen LogP contribution in [0.15, 0.2) is 182 Å². The topological polar surface area (TPSA) is 46.4 Å². The maximum Gasteiger partial charge on any atom is 0.234 e. The number of para-hydroxylation sites is 2. The molecule has 1 aliphatic rings. The van der Waals surface area contributed by atoms with Gasteiger partial charge in [-0.15, -0.1) is 0 Å². The Morgan fingerprint density at radius 1 is 0.534 bits per heavy atom. The van der Waals surface area contributed by atoms with Gasteiger partial charge >= 0.3 is 0 Å². The van der Waals surface area contributed by atoms with Crippen LogP contribution in [-0.4, -0.2) is 21.2 Å². The van der Waals surface area contributed by atoms with E-state index in [1.807, 2.05) is 12.4 Å². The van der Waals surface area contributed by atoms with Crippen molar-refractivity contribution in [2.45, 2.75) is 32.7 Å². The molecule has 0 aliphatic carbocycles. The largest absolute Gasteiger partial charge is 0.457 e. The van der Waals surface area contributed by atoms with Crippen LogP contribution >= 0.6 is 0 Å². The fraction of sp³-hybridized carbons (Fsp3) is 0.115. The van der Waals surface area contributed by atoms with Crippen LogP contribution in [-0.2, 0) is 12.0 Å². The predicted molar refractivity (Wildman–Crippen MR) is 239 cm³/mol. The molecular formula is C52H43N5O. The van der Waals surface area contributed by atoms with Crippen LogP contribution in [0, 0.1) is 0 Å². The summed E-state index contributed by atoms with van der Waals surface area (Å²) in [6.07, 6.45) is 3.90. The Kier molecular flexibility index (Phi) is 8.75. The average Bonchev–Trinajstić information content (AvgIpc) is 3.79. The zero-order valence-electron chi connectivity index (χ0n) is 32.9. The molecule has 6 heteroatoms. The Morgan fingerprint density at radius 2 is 1.19 bits per heavy atom. The molecule has 2 aromatic heterocycles. The van der Waals surface area contributed by atoms with Crippen molar-refractivity contribution in [3.63, 3.8) is 0 Å². The Labute approximate surface area is 339 Å². The Morgan fingerprint density at radius 3 is 1.90 bits per heavy atom. The van der Waals surface area contributed by atoms with E-state index in [0.29, 0.717) is 5.95 Å². The maximum absolute atomic E-state index is 6.91. The summed E-state index contributed by atoms with van der Waals surface area (Å²) >= 11 is 0. The lowest BCUT2D eigenvalue weighted by Crippen LogP contribution is -2.27. The Bertz CT molecular complexity index is 2900. The van der Waals surface area contributed by atoms with E-state index in [4.69, 9.17) is 14.7 Å². The van der Waals surface area contributed by atoms with E-state index >= 15 is 0 Å². The minimum atomic E-state index is -0.0601. The van der Waals surface area contributed by atoms with E-state index < -0.39 is 0 Å². The second kappa shape index (κ2) is 14.4. The number of benzene rings is 7. The van der Waals surface area contributed by atoms with Gasteiger partial charge in [0, 0.05) is 47.5 Å². The van der Waals surface area contributed by atoms with Crippen molar-refractivity contribution in [3.8, 4) is 39.7 Å². The number of fused-ring (bicyclic) bond motifs is 4. The molecule has 9 aromatic rings. The molecule has 0 saturated carbocycles. The minimum Gasteiger partial charge on any atom is -0.457 e. The fourth-order valence-corrected chi connectivity index (χ4v) is 8.09. The molecule has 6 nitrogen and oxygen atoms in total. The van der Waals surface area contributed by atoms with Crippen molar-refractivity contribution in [3.05, 3.63) is 193 Å². The quantitative estimate of drug-likeness (QED) is 0.155. The molecule has 1 aliphatic heterocycles. The first-order chi connectivity index (χ1) is 28.4. The second-order valence-electron chi connectivity index (χ2n) is 16.1. The molecule has 0 saturated heterocycles. The van der Waals surface area contributed by atoms with Crippen LogP contribution < -0.4 is 14.5 Å². The van der Waals surface area contributed by atoms with Gasteiger partial charge in [0.25, 0.3) is 0 Å². The molecule has 7 aromatic carbocycles. The standard InChI is InChI=1S/C52H43N5O/c1-52(2,3)41-32-53-51(54-33-41)57-47-26-23-39(37-17-9-5-10-18-37)29-46(47)45-25-24-43(31-50(45)57)58-44-28-40(38-19-11-6-12-20-38)27-42(30-44)56-35-55(34-36-15-7-4-8-16-36)48-21-13-14-22-49(48)56/h4-33H,34-35H2,1-3H3. The zero-order chi connectivity index (χ0) is 39.2. The first-order valence-electron chi connectivity index (χ1n) is 19.9. The fourth-order valence-electron chi connectivity index (χ4n) is 8.09. The van der Waals surface area contributed by atoms with Crippen molar-refractivity contribution in [2.75, 3.05) is 16.5 Å². The van der Waals surface area contributed by atoms with Crippen molar-refractivity contribution in [1.29, 1.82) is 0 Å². The van der Waals surface area contributed by atoms with Gasteiger partial charge in [-0.2, -0.15) is 0 Å². The summed E-state index contributed by atoms with van der Waals surface area (Å²) in [5, 5.41) is 2.24. The molecule has 0 atom stereocenters. The van der Waals surface area contributed by atoms with Gasteiger partial charge in [-0.05, 0) is 87.3 Å². The second-order valence-corrected chi connectivity index (χ2v) is 16.1. The maximum atomic E-state index is 6.91. The van der Waals surface area contributed by atoms with E-state index in [9.17, 15) is 0 Å². The molecule has 0 bridgehead atoms. The lowest BCUT2D eigenvalue weighted by molar-refractivity contribution is 0.483. The highest BCUT2D eigenvalue weighted by atomic mass is 16.5. The smallest absolute Gasteiger partial charge is 0.234 e. The highest BCUT2D eigenvalue weighted by Crippen LogP contribution is 2.44. The number of rotatable bonds is 8. The highest BCUT2D eigenvalue weighted by molar-refractivity contribution is 6.10. The van der Waals surface area contributed by atoms with Crippen molar-refractivity contribution in [1.82, 2.24) is 14.5 Å². The van der Waals surface area contributed by atoms with E-state index in [1.54, 1.807) is 0 Å². The Balaban J connectivity index is 1.08. The number of hydrogen-bond acceptors (Lipinski definition) is 5. The molecule has 0 radical (unpaired) electrons. The number of nitrogens with zero attached hydrogens (tertiary/aromatic N) is 5. The molecular weight excluding hydrogens is 711 g/mol. The molecule has 3 heterocycles. The van der Waals surface area contributed by atoms with Gasteiger partial charge in [0.05, 0.1) is 29.1 Å². The van der Waals surface area contributed by atoms with Gasteiger partial charge in [0.1, 0.15) is 11.5 Å². The van der Waals surface area contributed by atoms with Gasteiger partial charge in [0.15, 0.2) is 0 Å². The van der Waals surface area contributed by atoms with E-state index in [-0.39, 0.29) is 5.41 Å². The summed E-state index contributed by atoms with van der Waals surface area (Å²) < 4.78 is 9.07. The van der Waals surface area contributed by atoms with E-state index in [2.05, 4.69) is 205 Å². The minimum absolute atomic E-state index is 0.0601. The first-order valence-corrected chi connectivity index (χ1v) is 19.9. The number of aromatic nitrogens is 3. The van der Waals surface area contributed by atoms with Gasteiger partial charge in [-0.3, -0.25) is 4.57 Å². The van der Waals surface area contributed by atoms with E-state index in [1.165, 1.54) is 22.5 Å². The SMILES string of the molecule is CC(C)(C)c1cnc(-n2c3ccc(-c4ccccc4)cc3c3ccc(Oc4cc(-c5ccccc5)cc(N5CN(Cc6ccccc6)c6ccccc65)c4)cc32)nc1. The van der Waals surface area contributed by atoms with Crippen LogP contribution in [0.25, 0.3) is 50.0 Å². The van der Waals surface area contributed by atoms with Crippen LogP contribution in [0.1, 0.15) is 31.9 Å². The average molecular weight is 754 g/mol. The number of hydrogen-bond donors (Lipinski definition) is 0. The van der Waals surface area contributed by atoms with E-state index in [0.717, 1.165) is 74.5 Å². The summed E-state index contributed by atoms with van der Waals surface area (Å²) in [6.45, 7) is 8.09. The number of ether oxygens (including phenoxy) is 1. The van der Waals surface area contributed by atoms with Gasteiger partial charge in [0.2, 0.25) is 5.95 Å².